The fourth-order valence-corrected chi connectivity index (χ4v) is 3.17. The minimum Gasteiger partial charge on any atom is -0.409 e. The van der Waals surface area contributed by atoms with Gasteiger partial charge in [-0.2, -0.15) is 0 Å². The molecule has 1 aliphatic carbocycles. The largest absolute Gasteiger partial charge is 0.409 e. The molecule has 1 aromatic heterocycles. The van der Waals surface area contributed by atoms with E-state index >= 15 is 0 Å². The zero-order valence-corrected chi connectivity index (χ0v) is 11.4. The Balaban J connectivity index is 1.87. The summed E-state index contributed by atoms with van der Waals surface area (Å²) in [5, 5.41) is 11.8. The normalized spacial score (nSPS) is 27.2. The third-order valence-corrected chi connectivity index (χ3v) is 4.18. The quantitative estimate of drug-likeness (QED) is 0.368. The highest BCUT2D eigenvalue weighted by Crippen LogP contribution is 2.31. The summed E-state index contributed by atoms with van der Waals surface area (Å²) in [5.74, 6) is 0.997. The number of anilines is 1. The van der Waals surface area contributed by atoms with E-state index in [1.165, 1.54) is 12.8 Å². The molecule has 2 aliphatic rings. The number of morpholine rings is 1. The van der Waals surface area contributed by atoms with Crippen molar-refractivity contribution in [3.63, 3.8) is 0 Å². The molecule has 0 amide bonds. The second kappa shape index (κ2) is 5.66. The van der Waals surface area contributed by atoms with E-state index in [4.69, 9.17) is 15.7 Å². The maximum Gasteiger partial charge on any atom is 0.170 e. The minimum atomic E-state index is 0.113. The van der Waals surface area contributed by atoms with Gasteiger partial charge in [0.05, 0.1) is 18.8 Å². The molecule has 3 N–H and O–H groups in total. The van der Waals surface area contributed by atoms with Crippen molar-refractivity contribution in [2.75, 3.05) is 18.1 Å². The fraction of sp³-hybridized carbons (Fsp3) is 0.571. The smallest absolute Gasteiger partial charge is 0.170 e. The predicted molar refractivity (Wildman–Crippen MR) is 76.1 cm³/mol. The summed E-state index contributed by atoms with van der Waals surface area (Å²) in [6.45, 7) is 1.57. The molecule has 1 saturated carbocycles. The summed E-state index contributed by atoms with van der Waals surface area (Å²) in [6, 6.07) is 4.02. The second-order valence-corrected chi connectivity index (χ2v) is 5.34. The van der Waals surface area contributed by atoms with Crippen LogP contribution >= 0.6 is 0 Å². The van der Waals surface area contributed by atoms with Crippen LogP contribution < -0.4 is 10.6 Å². The molecule has 1 aromatic rings. The lowest BCUT2D eigenvalue weighted by molar-refractivity contribution is -0.00898. The average Bonchev–Trinajstić information content (AvgIpc) is 2.53. The lowest BCUT2D eigenvalue weighted by Crippen LogP contribution is -2.53. The van der Waals surface area contributed by atoms with Gasteiger partial charge in [0.2, 0.25) is 0 Å². The predicted octanol–water partition coefficient (Wildman–Crippen LogP) is 1.32. The van der Waals surface area contributed by atoms with Gasteiger partial charge in [-0.05, 0) is 25.0 Å². The van der Waals surface area contributed by atoms with Crippen molar-refractivity contribution in [2.24, 2.45) is 10.9 Å². The first-order valence-electron chi connectivity index (χ1n) is 7.12. The zero-order valence-electron chi connectivity index (χ0n) is 11.4. The lowest BCUT2D eigenvalue weighted by atomic mass is 9.90. The van der Waals surface area contributed by atoms with Gasteiger partial charge in [-0.15, -0.1) is 0 Å². The summed E-state index contributed by atoms with van der Waals surface area (Å²) in [7, 11) is 0. The molecule has 6 nitrogen and oxygen atoms in total. The molecule has 2 unspecified atom stereocenters. The summed E-state index contributed by atoms with van der Waals surface area (Å²) < 4.78 is 5.87. The summed E-state index contributed by atoms with van der Waals surface area (Å²) in [4.78, 5) is 6.76. The van der Waals surface area contributed by atoms with Gasteiger partial charge >= 0.3 is 0 Å². The van der Waals surface area contributed by atoms with Crippen molar-refractivity contribution < 1.29 is 9.94 Å². The number of nitrogens with zero attached hydrogens (tertiary/aromatic N) is 3. The van der Waals surface area contributed by atoms with E-state index < -0.39 is 0 Å². The van der Waals surface area contributed by atoms with E-state index in [9.17, 15) is 0 Å². The van der Waals surface area contributed by atoms with Crippen LogP contribution in [0.25, 0.3) is 0 Å². The van der Waals surface area contributed by atoms with Gasteiger partial charge < -0.3 is 20.6 Å². The van der Waals surface area contributed by atoms with Gasteiger partial charge in [0, 0.05) is 18.3 Å². The van der Waals surface area contributed by atoms with Crippen LogP contribution in [0.1, 0.15) is 31.2 Å². The molecule has 0 spiro atoms. The van der Waals surface area contributed by atoms with Crippen LogP contribution in [0.2, 0.25) is 0 Å². The maximum absolute atomic E-state index is 8.79. The van der Waals surface area contributed by atoms with Gasteiger partial charge in [0.25, 0.3) is 0 Å². The van der Waals surface area contributed by atoms with Gasteiger partial charge in [0.15, 0.2) is 5.84 Å². The van der Waals surface area contributed by atoms with Crippen molar-refractivity contribution in [3.8, 4) is 0 Å². The Kier molecular flexibility index (Phi) is 3.73. The first-order valence-corrected chi connectivity index (χ1v) is 7.12. The Morgan fingerprint density at radius 3 is 3.15 bits per heavy atom. The van der Waals surface area contributed by atoms with Crippen LogP contribution in [-0.2, 0) is 4.74 Å². The molecule has 108 valence electrons. The SMILES string of the molecule is NC(=NO)c1ccnc(N2CCOC3CCCCC32)c1. The Morgan fingerprint density at radius 1 is 1.45 bits per heavy atom. The first-order chi connectivity index (χ1) is 9.79. The van der Waals surface area contributed by atoms with Crippen molar-refractivity contribution >= 4 is 11.7 Å². The van der Waals surface area contributed by atoms with Crippen LogP contribution in [0.5, 0.6) is 0 Å². The van der Waals surface area contributed by atoms with Crippen LogP contribution in [-0.4, -0.2) is 41.3 Å². The molecular formula is C14H20N4O2. The van der Waals surface area contributed by atoms with Crippen LogP contribution in [0, 0.1) is 0 Å². The Hall–Kier alpha value is -1.82. The molecular weight excluding hydrogens is 256 g/mol. The summed E-state index contributed by atoms with van der Waals surface area (Å²) in [5.41, 5.74) is 6.34. The van der Waals surface area contributed by atoms with Gasteiger partial charge in [-0.3, -0.25) is 0 Å². The Labute approximate surface area is 118 Å². The number of aromatic nitrogens is 1. The van der Waals surface area contributed by atoms with Crippen molar-refractivity contribution in [1.29, 1.82) is 0 Å². The van der Waals surface area contributed by atoms with Gasteiger partial charge in [-0.25, -0.2) is 4.98 Å². The third kappa shape index (κ3) is 2.43. The number of hydrogen-bond acceptors (Lipinski definition) is 5. The highest BCUT2D eigenvalue weighted by atomic mass is 16.5. The number of ether oxygens (including phenoxy) is 1. The van der Waals surface area contributed by atoms with Crippen LogP contribution in [0.3, 0.4) is 0 Å². The van der Waals surface area contributed by atoms with E-state index in [0.29, 0.717) is 17.7 Å². The van der Waals surface area contributed by atoms with Gasteiger partial charge in [-0.1, -0.05) is 18.0 Å². The third-order valence-electron chi connectivity index (χ3n) is 4.18. The molecule has 2 heterocycles. The topological polar surface area (TPSA) is 84.0 Å². The van der Waals surface area contributed by atoms with E-state index in [0.717, 1.165) is 31.8 Å². The molecule has 2 atom stereocenters. The number of rotatable bonds is 2. The molecule has 3 rings (SSSR count). The molecule has 20 heavy (non-hydrogen) atoms. The van der Waals surface area contributed by atoms with Crippen LogP contribution in [0.15, 0.2) is 23.5 Å². The second-order valence-electron chi connectivity index (χ2n) is 5.34. The van der Waals surface area contributed by atoms with E-state index in [1.54, 1.807) is 12.3 Å². The number of hydrogen-bond donors (Lipinski definition) is 2. The van der Waals surface area contributed by atoms with E-state index in [1.807, 2.05) is 6.07 Å². The maximum atomic E-state index is 8.79. The van der Waals surface area contributed by atoms with Crippen molar-refractivity contribution in [2.45, 2.75) is 37.8 Å². The molecule has 0 aromatic carbocycles. The standard InChI is InChI=1S/C14H20N4O2/c15-14(17-19)10-5-6-16-13(9-10)18-7-8-20-12-4-2-1-3-11(12)18/h5-6,9,11-12,19H,1-4,7-8H2,(H2,15,17). The zero-order chi connectivity index (χ0) is 13.9. The number of fused-ring (bicyclic) bond motifs is 1. The number of nitrogens with two attached hydrogens (primary N) is 1. The number of amidine groups is 1. The molecule has 1 aliphatic heterocycles. The Bertz CT molecular complexity index is 504. The van der Waals surface area contributed by atoms with E-state index in [-0.39, 0.29) is 5.84 Å². The molecule has 1 saturated heterocycles. The molecule has 6 heteroatoms. The molecule has 2 fully saturated rings. The summed E-state index contributed by atoms with van der Waals surface area (Å²) in [6.07, 6.45) is 6.76. The number of pyridine rings is 1. The monoisotopic (exact) mass is 276 g/mol. The van der Waals surface area contributed by atoms with E-state index in [2.05, 4.69) is 15.0 Å². The molecule has 0 bridgehead atoms. The summed E-state index contributed by atoms with van der Waals surface area (Å²) >= 11 is 0. The van der Waals surface area contributed by atoms with Gasteiger partial charge in [0.1, 0.15) is 5.82 Å². The Morgan fingerprint density at radius 2 is 2.30 bits per heavy atom. The first kappa shape index (κ1) is 13.2. The van der Waals surface area contributed by atoms with Crippen LogP contribution in [0.4, 0.5) is 5.82 Å². The van der Waals surface area contributed by atoms with Crippen molar-refractivity contribution in [1.82, 2.24) is 4.98 Å². The average molecular weight is 276 g/mol. The highest BCUT2D eigenvalue weighted by molar-refractivity contribution is 5.97. The minimum absolute atomic E-state index is 0.113. The molecule has 0 radical (unpaired) electrons. The van der Waals surface area contributed by atoms with Crippen molar-refractivity contribution in [3.05, 3.63) is 23.9 Å². The highest BCUT2D eigenvalue weighted by Gasteiger charge is 2.34. The fourth-order valence-electron chi connectivity index (χ4n) is 3.17. The lowest BCUT2D eigenvalue weighted by Gasteiger charge is -2.44. The number of oxime groups is 1.